The molecule has 0 unspecified atom stereocenters. The minimum absolute atomic E-state index is 0.144. The molecule has 1 N–H and O–H groups in total. The lowest BCUT2D eigenvalue weighted by Crippen LogP contribution is -2.02. The third-order valence-corrected chi connectivity index (χ3v) is 2.37. The van der Waals surface area contributed by atoms with Crippen LogP contribution >= 0.6 is 0 Å². The van der Waals surface area contributed by atoms with Crippen LogP contribution in [0.25, 0.3) is 11.4 Å². The third-order valence-electron chi connectivity index (χ3n) is 2.37. The highest BCUT2D eigenvalue weighted by Gasteiger charge is 2.09. The van der Waals surface area contributed by atoms with E-state index in [9.17, 15) is 4.79 Å². The van der Waals surface area contributed by atoms with E-state index in [1.165, 1.54) is 0 Å². The second-order valence-electron chi connectivity index (χ2n) is 3.75. The average molecular weight is 235 g/mol. The van der Waals surface area contributed by atoms with Gasteiger partial charge in [0, 0.05) is 26.2 Å². The van der Waals surface area contributed by atoms with E-state index in [0.717, 1.165) is 5.56 Å². The molecule has 0 aliphatic heterocycles. The largest absolute Gasteiger partial charge is 0.481 e. The molecule has 2 heterocycles. The zero-order valence-corrected chi connectivity index (χ0v) is 9.44. The van der Waals surface area contributed by atoms with Gasteiger partial charge in [0.25, 0.3) is 0 Å². The average Bonchev–Trinajstić information content (AvgIpc) is 2.86. The summed E-state index contributed by atoms with van der Waals surface area (Å²) in [6, 6.07) is 0. The van der Waals surface area contributed by atoms with Crippen molar-refractivity contribution in [3.8, 4) is 11.4 Å². The second-order valence-corrected chi connectivity index (χ2v) is 3.75. The smallest absolute Gasteiger partial charge is 0.303 e. The minimum atomic E-state index is -0.791. The van der Waals surface area contributed by atoms with Crippen molar-refractivity contribution in [1.29, 1.82) is 0 Å². The Hall–Kier alpha value is -2.18. The van der Waals surface area contributed by atoms with Crippen molar-refractivity contribution in [1.82, 2.24) is 24.5 Å². The summed E-state index contributed by atoms with van der Waals surface area (Å²) < 4.78 is 3.52. The highest BCUT2D eigenvalue weighted by Crippen LogP contribution is 2.15. The standard InChI is InChI=1S/C10H13N5O2/c1-14-6-8(5-12-14)10-13-11-7-15(10)4-2-3-9(16)17/h5-7H,2-4H2,1H3,(H,16,17). The molecule has 0 radical (unpaired) electrons. The molecule has 2 aromatic rings. The van der Waals surface area contributed by atoms with Gasteiger partial charge in [0.15, 0.2) is 5.82 Å². The molecular weight excluding hydrogens is 222 g/mol. The molecule has 7 heteroatoms. The van der Waals surface area contributed by atoms with Crippen LogP contribution in [0.1, 0.15) is 12.8 Å². The van der Waals surface area contributed by atoms with E-state index in [2.05, 4.69) is 15.3 Å². The van der Waals surface area contributed by atoms with Crippen molar-refractivity contribution in [2.45, 2.75) is 19.4 Å². The van der Waals surface area contributed by atoms with E-state index in [0.29, 0.717) is 18.8 Å². The van der Waals surface area contributed by atoms with Crippen molar-refractivity contribution in [2.24, 2.45) is 7.05 Å². The number of carboxylic acids is 1. The molecular formula is C10H13N5O2. The summed E-state index contributed by atoms with van der Waals surface area (Å²) in [5.74, 6) is -0.0792. The lowest BCUT2D eigenvalue weighted by Gasteiger charge is -2.03. The van der Waals surface area contributed by atoms with Crippen LogP contribution in [0.3, 0.4) is 0 Å². The molecule has 0 amide bonds. The van der Waals surface area contributed by atoms with Gasteiger partial charge in [0.2, 0.25) is 0 Å². The van der Waals surface area contributed by atoms with Gasteiger partial charge in [-0.2, -0.15) is 5.10 Å². The zero-order valence-electron chi connectivity index (χ0n) is 9.44. The first-order valence-corrected chi connectivity index (χ1v) is 5.25. The Bertz CT molecular complexity index is 516. The predicted octanol–water partition coefficient (Wildman–Crippen LogP) is 0.543. The van der Waals surface area contributed by atoms with Gasteiger partial charge in [-0.3, -0.25) is 9.48 Å². The molecule has 0 fully saturated rings. The molecule has 90 valence electrons. The summed E-state index contributed by atoms with van der Waals surface area (Å²) in [6.45, 7) is 0.587. The molecule has 7 nitrogen and oxygen atoms in total. The first-order valence-electron chi connectivity index (χ1n) is 5.25. The molecule has 17 heavy (non-hydrogen) atoms. The van der Waals surface area contributed by atoms with Gasteiger partial charge in [-0.1, -0.05) is 0 Å². The van der Waals surface area contributed by atoms with Crippen LogP contribution in [0.15, 0.2) is 18.7 Å². The lowest BCUT2D eigenvalue weighted by atomic mass is 10.3. The van der Waals surface area contributed by atoms with Crippen LogP contribution in [0, 0.1) is 0 Å². The Labute approximate surface area is 97.7 Å². The monoisotopic (exact) mass is 235 g/mol. The Morgan fingerprint density at radius 2 is 2.35 bits per heavy atom. The summed E-state index contributed by atoms with van der Waals surface area (Å²) in [7, 11) is 1.83. The van der Waals surface area contributed by atoms with Crippen LogP contribution in [0.2, 0.25) is 0 Å². The Morgan fingerprint density at radius 3 is 3.00 bits per heavy atom. The van der Waals surface area contributed by atoms with Gasteiger partial charge in [0.05, 0.1) is 11.8 Å². The van der Waals surface area contributed by atoms with Crippen molar-refractivity contribution < 1.29 is 9.90 Å². The van der Waals surface area contributed by atoms with E-state index in [1.807, 2.05) is 17.8 Å². The number of aliphatic carboxylic acids is 1. The topological polar surface area (TPSA) is 85.8 Å². The van der Waals surface area contributed by atoms with E-state index in [4.69, 9.17) is 5.11 Å². The van der Waals surface area contributed by atoms with Crippen LogP contribution in [-0.4, -0.2) is 35.6 Å². The maximum atomic E-state index is 10.4. The molecule has 0 saturated carbocycles. The molecule has 0 aliphatic carbocycles. The predicted molar refractivity (Wildman–Crippen MR) is 59.1 cm³/mol. The van der Waals surface area contributed by atoms with Crippen LogP contribution in [0.5, 0.6) is 0 Å². The van der Waals surface area contributed by atoms with Gasteiger partial charge in [-0.05, 0) is 6.42 Å². The number of hydrogen-bond donors (Lipinski definition) is 1. The van der Waals surface area contributed by atoms with Crippen LogP contribution in [0.4, 0.5) is 0 Å². The number of aromatic nitrogens is 5. The van der Waals surface area contributed by atoms with Crippen molar-refractivity contribution >= 4 is 5.97 Å². The number of hydrogen-bond acceptors (Lipinski definition) is 4. The Kier molecular flexibility index (Phi) is 3.17. The highest BCUT2D eigenvalue weighted by atomic mass is 16.4. The summed E-state index contributed by atoms with van der Waals surface area (Å²) in [5.41, 5.74) is 0.875. The number of carboxylic acid groups (broad SMARTS) is 1. The fraction of sp³-hybridized carbons (Fsp3) is 0.400. The molecule has 2 aromatic heterocycles. The first-order chi connectivity index (χ1) is 8.16. The number of carbonyl (C=O) groups is 1. The normalized spacial score (nSPS) is 10.6. The molecule has 0 bridgehead atoms. The van der Waals surface area contributed by atoms with Crippen molar-refractivity contribution in [3.05, 3.63) is 18.7 Å². The number of rotatable bonds is 5. The van der Waals surface area contributed by atoms with Gasteiger partial charge >= 0.3 is 5.97 Å². The van der Waals surface area contributed by atoms with E-state index >= 15 is 0 Å². The van der Waals surface area contributed by atoms with E-state index in [-0.39, 0.29) is 6.42 Å². The van der Waals surface area contributed by atoms with Crippen molar-refractivity contribution in [3.63, 3.8) is 0 Å². The molecule has 0 saturated heterocycles. The molecule has 0 atom stereocenters. The van der Waals surface area contributed by atoms with Crippen LogP contribution < -0.4 is 0 Å². The molecule has 0 spiro atoms. The minimum Gasteiger partial charge on any atom is -0.481 e. The number of nitrogens with zero attached hydrogens (tertiary/aromatic N) is 5. The fourth-order valence-corrected chi connectivity index (χ4v) is 1.58. The van der Waals surface area contributed by atoms with Gasteiger partial charge in [0.1, 0.15) is 6.33 Å². The highest BCUT2D eigenvalue weighted by molar-refractivity contribution is 5.66. The summed E-state index contributed by atoms with van der Waals surface area (Å²) in [5, 5.41) is 20.5. The Balaban J connectivity index is 2.09. The quantitative estimate of drug-likeness (QED) is 0.817. The molecule has 0 aromatic carbocycles. The zero-order chi connectivity index (χ0) is 12.3. The van der Waals surface area contributed by atoms with E-state index < -0.39 is 5.97 Å². The van der Waals surface area contributed by atoms with Crippen molar-refractivity contribution in [2.75, 3.05) is 0 Å². The second kappa shape index (κ2) is 4.77. The number of aryl methyl sites for hydroxylation is 2. The SMILES string of the molecule is Cn1cc(-c2nncn2CCCC(=O)O)cn1. The summed E-state index contributed by atoms with van der Waals surface area (Å²) >= 11 is 0. The van der Waals surface area contributed by atoms with Gasteiger partial charge in [-0.25, -0.2) is 0 Å². The van der Waals surface area contributed by atoms with Crippen LogP contribution in [-0.2, 0) is 18.4 Å². The maximum Gasteiger partial charge on any atom is 0.303 e. The van der Waals surface area contributed by atoms with Gasteiger partial charge in [-0.15, -0.1) is 10.2 Å². The third kappa shape index (κ3) is 2.68. The fourth-order valence-electron chi connectivity index (χ4n) is 1.58. The first kappa shape index (κ1) is 11.3. The lowest BCUT2D eigenvalue weighted by molar-refractivity contribution is -0.137. The van der Waals surface area contributed by atoms with Gasteiger partial charge < -0.3 is 9.67 Å². The maximum absolute atomic E-state index is 10.4. The summed E-state index contributed by atoms with van der Waals surface area (Å²) in [6.07, 6.45) is 5.85. The molecule has 2 rings (SSSR count). The summed E-state index contributed by atoms with van der Waals surface area (Å²) in [4.78, 5) is 10.4. The molecule has 0 aliphatic rings. The Morgan fingerprint density at radius 1 is 1.53 bits per heavy atom. The van der Waals surface area contributed by atoms with E-state index in [1.54, 1.807) is 17.2 Å².